The van der Waals surface area contributed by atoms with Crippen LogP contribution >= 0.6 is 11.8 Å². The first-order valence-corrected chi connectivity index (χ1v) is 7.45. The first-order chi connectivity index (χ1) is 9.11. The van der Waals surface area contributed by atoms with E-state index in [-0.39, 0.29) is 5.92 Å². The van der Waals surface area contributed by atoms with Crippen LogP contribution < -0.4 is 5.73 Å². The van der Waals surface area contributed by atoms with Gasteiger partial charge in [-0.1, -0.05) is 37.2 Å². The third-order valence-electron chi connectivity index (χ3n) is 3.46. The molecule has 5 heteroatoms. The molecule has 0 radical (unpaired) electrons. The SMILES string of the molecule is CC(C)c1nc(C2(N)CCSc3ccccc32)no1. The fourth-order valence-electron chi connectivity index (χ4n) is 2.30. The molecule has 0 saturated carbocycles. The second-order valence-corrected chi connectivity index (χ2v) is 6.31. The zero-order valence-corrected chi connectivity index (χ0v) is 11.9. The number of hydrogen-bond acceptors (Lipinski definition) is 5. The lowest BCUT2D eigenvalue weighted by Gasteiger charge is -2.32. The van der Waals surface area contributed by atoms with Gasteiger partial charge in [-0.3, -0.25) is 0 Å². The summed E-state index contributed by atoms with van der Waals surface area (Å²) in [6.07, 6.45) is 0.825. The number of benzene rings is 1. The normalized spacial score (nSPS) is 22.5. The van der Waals surface area contributed by atoms with Gasteiger partial charge in [0.2, 0.25) is 5.89 Å². The van der Waals surface area contributed by atoms with E-state index >= 15 is 0 Å². The van der Waals surface area contributed by atoms with Crippen LogP contribution in [0.3, 0.4) is 0 Å². The number of fused-ring (bicyclic) bond motifs is 1. The quantitative estimate of drug-likeness (QED) is 0.913. The van der Waals surface area contributed by atoms with Crippen LogP contribution in [-0.4, -0.2) is 15.9 Å². The summed E-state index contributed by atoms with van der Waals surface area (Å²) in [5, 5.41) is 4.11. The summed E-state index contributed by atoms with van der Waals surface area (Å²) >= 11 is 1.83. The standard InChI is InChI=1S/C14H17N3OS/c1-9(2)12-16-13(17-18-12)14(15)7-8-19-11-6-4-3-5-10(11)14/h3-6,9H,7-8,15H2,1-2H3. The van der Waals surface area contributed by atoms with E-state index in [0.717, 1.165) is 17.7 Å². The second kappa shape index (κ2) is 4.65. The molecule has 1 aliphatic heterocycles. The van der Waals surface area contributed by atoms with Crippen molar-refractivity contribution in [2.75, 3.05) is 5.75 Å². The van der Waals surface area contributed by atoms with Gasteiger partial charge in [0.05, 0.1) is 0 Å². The van der Waals surface area contributed by atoms with Gasteiger partial charge in [0.1, 0.15) is 5.54 Å². The summed E-state index contributed by atoms with van der Waals surface area (Å²) in [6, 6.07) is 8.21. The first kappa shape index (κ1) is 12.7. The molecule has 1 aromatic carbocycles. The molecule has 0 amide bonds. The van der Waals surface area contributed by atoms with Crippen molar-refractivity contribution < 1.29 is 4.52 Å². The lowest BCUT2D eigenvalue weighted by Crippen LogP contribution is -2.42. The first-order valence-electron chi connectivity index (χ1n) is 6.46. The molecule has 0 bridgehead atoms. The fourth-order valence-corrected chi connectivity index (χ4v) is 3.53. The van der Waals surface area contributed by atoms with Gasteiger partial charge < -0.3 is 10.3 Å². The Bertz CT molecular complexity index is 596. The molecule has 4 nitrogen and oxygen atoms in total. The average Bonchev–Trinajstić information content (AvgIpc) is 2.90. The van der Waals surface area contributed by atoms with Crippen LogP contribution in [0.25, 0.3) is 0 Å². The highest BCUT2D eigenvalue weighted by Gasteiger charge is 2.39. The van der Waals surface area contributed by atoms with Crippen molar-refractivity contribution in [2.24, 2.45) is 5.73 Å². The predicted molar refractivity (Wildman–Crippen MR) is 75.1 cm³/mol. The number of thioether (sulfide) groups is 1. The summed E-state index contributed by atoms with van der Waals surface area (Å²) in [5.74, 6) is 2.44. The zero-order chi connectivity index (χ0) is 13.5. The zero-order valence-electron chi connectivity index (χ0n) is 11.1. The lowest BCUT2D eigenvalue weighted by molar-refractivity contribution is 0.348. The van der Waals surface area contributed by atoms with Crippen molar-refractivity contribution >= 4 is 11.8 Å². The van der Waals surface area contributed by atoms with Crippen molar-refractivity contribution in [3.63, 3.8) is 0 Å². The van der Waals surface area contributed by atoms with Crippen LogP contribution in [0.4, 0.5) is 0 Å². The topological polar surface area (TPSA) is 64.9 Å². The maximum Gasteiger partial charge on any atom is 0.229 e. The molecule has 0 spiro atoms. The van der Waals surface area contributed by atoms with Crippen LogP contribution in [-0.2, 0) is 5.54 Å². The summed E-state index contributed by atoms with van der Waals surface area (Å²) in [5.41, 5.74) is 7.08. The van der Waals surface area contributed by atoms with E-state index in [1.165, 1.54) is 4.90 Å². The maximum atomic E-state index is 6.61. The Balaban J connectivity index is 2.08. The average molecular weight is 275 g/mol. The molecule has 0 fully saturated rings. The van der Waals surface area contributed by atoms with E-state index in [9.17, 15) is 0 Å². The molecular formula is C14H17N3OS. The molecule has 19 heavy (non-hydrogen) atoms. The number of rotatable bonds is 2. The molecule has 0 aliphatic carbocycles. The molecule has 1 aliphatic rings. The van der Waals surface area contributed by atoms with Gasteiger partial charge in [-0.05, 0) is 18.1 Å². The highest BCUT2D eigenvalue weighted by atomic mass is 32.2. The number of nitrogens with zero attached hydrogens (tertiary/aromatic N) is 2. The number of hydrogen-bond donors (Lipinski definition) is 1. The Labute approximate surface area is 116 Å². The van der Waals surface area contributed by atoms with Gasteiger partial charge in [-0.25, -0.2) is 0 Å². The summed E-state index contributed by atoms with van der Waals surface area (Å²) in [6.45, 7) is 4.07. The maximum absolute atomic E-state index is 6.61. The minimum atomic E-state index is -0.627. The van der Waals surface area contributed by atoms with Crippen LogP contribution in [0.5, 0.6) is 0 Å². The Morgan fingerprint density at radius 3 is 2.89 bits per heavy atom. The van der Waals surface area contributed by atoms with Gasteiger partial charge in [0, 0.05) is 16.6 Å². The number of aromatic nitrogens is 2. The minimum Gasteiger partial charge on any atom is -0.339 e. The molecule has 1 unspecified atom stereocenters. The smallest absolute Gasteiger partial charge is 0.229 e. The fraction of sp³-hybridized carbons (Fsp3) is 0.429. The Kier molecular flexibility index (Phi) is 3.11. The Hall–Kier alpha value is -1.33. The molecule has 2 aromatic rings. The van der Waals surface area contributed by atoms with Crippen LogP contribution in [0.2, 0.25) is 0 Å². The molecule has 1 aromatic heterocycles. The highest BCUT2D eigenvalue weighted by molar-refractivity contribution is 7.99. The lowest BCUT2D eigenvalue weighted by atomic mass is 9.87. The Morgan fingerprint density at radius 1 is 1.37 bits per heavy atom. The van der Waals surface area contributed by atoms with Crippen molar-refractivity contribution in [3.05, 3.63) is 41.5 Å². The highest BCUT2D eigenvalue weighted by Crippen LogP contribution is 2.41. The minimum absolute atomic E-state index is 0.220. The predicted octanol–water partition coefficient (Wildman–Crippen LogP) is 2.89. The third kappa shape index (κ3) is 2.07. The van der Waals surface area contributed by atoms with E-state index < -0.39 is 5.54 Å². The van der Waals surface area contributed by atoms with Gasteiger partial charge >= 0.3 is 0 Å². The molecule has 0 saturated heterocycles. The second-order valence-electron chi connectivity index (χ2n) is 5.18. The summed E-state index contributed by atoms with van der Waals surface area (Å²) < 4.78 is 5.31. The third-order valence-corrected chi connectivity index (χ3v) is 4.53. The molecule has 2 N–H and O–H groups in total. The van der Waals surface area contributed by atoms with Crippen LogP contribution in [0, 0.1) is 0 Å². The van der Waals surface area contributed by atoms with Gasteiger partial charge in [-0.15, -0.1) is 11.8 Å². The van der Waals surface area contributed by atoms with Crippen LogP contribution in [0.1, 0.15) is 43.5 Å². The van der Waals surface area contributed by atoms with E-state index in [2.05, 4.69) is 22.3 Å². The largest absolute Gasteiger partial charge is 0.339 e. The summed E-state index contributed by atoms with van der Waals surface area (Å²) in [7, 11) is 0. The van der Waals surface area contributed by atoms with E-state index in [1.54, 1.807) is 0 Å². The van der Waals surface area contributed by atoms with Crippen LogP contribution in [0.15, 0.2) is 33.7 Å². The van der Waals surface area contributed by atoms with Crippen molar-refractivity contribution in [1.82, 2.24) is 10.1 Å². The monoisotopic (exact) mass is 275 g/mol. The van der Waals surface area contributed by atoms with Gasteiger partial charge in [0.25, 0.3) is 0 Å². The van der Waals surface area contributed by atoms with Gasteiger partial charge in [-0.2, -0.15) is 4.98 Å². The molecule has 2 heterocycles. The van der Waals surface area contributed by atoms with Crippen molar-refractivity contribution in [2.45, 2.75) is 36.6 Å². The number of nitrogens with two attached hydrogens (primary N) is 1. The Morgan fingerprint density at radius 2 is 2.16 bits per heavy atom. The molecule has 100 valence electrons. The van der Waals surface area contributed by atoms with Gasteiger partial charge in [0.15, 0.2) is 5.82 Å². The molecule has 3 rings (SSSR count). The molecular weight excluding hydrogens is 258 g/mol. The van der Waals surface area contributed by atoms with E-state index in [4.69, 9.17) is 10.3 Å². The van der Waals surface area contributed by atoms with E-state index in [1.807, 2.05) is 37.7 Å². The van der Waals surface area contributed by atoms with E-state index in [0.29, 0.717) is 11.7 Å². The van der Waals surface area contributed by atoms with Crippen molar-refractivity contribution in [1.29, 1.82) is 0 Å². The van der Waals surface area contributed by atoms with Crippen molar-refractivity contribution in [3.8, 4) is 0 Å². The molecule has 1 atom stereocenters. The summed E-state index contributed by atoms with van der Waals surface area (Å²) in [4.78, 5) is 5.71.